The van der Waals surface area contributed by atoms with Crippen molar-refractivity contribution in [2.24, 2.45) is 0 Å². The number of hydrogen-bond acceptors (Lipinski definition) is 4. The lowest BCUT2D eigenvalue weighted by Crippen LogP contribution is -2.48. The van der Waals surface area contributed by atoms with E-state index in [0.717, 1.165) is 12.1 Å². The van der Waals surface area contributed by atoms with Crippen LogP contribution in [0, 0.1) is 0 Å². The summed E-state index contributed by atoms with van der Waals surface area (Å²) >= 11 is 0. The molecule has 0 radical (unpaired) electrons. The zero-order valence-electron chi connectivity index (χ0n) is 16.3. The molecule has 2 unspecified atom stereocenters. The Bertz CT molecular complexity index is 1030. The minimum absolute atomic E-state index is 0.146. The number of halogens is 3. The Morgan fingerprint density at radius 3 is 2.33 bits per heavy atom. The molecule has 162 valence electrons. The summed E-state index contributed by atoms with van der Waals surface area (Å²) in [6, 6.07) is 9.29. The number of benzene rings is 2. The predicted octanol–water partition coefficient (Wildman–Crippen LogP) is 3.76. The van der Waals surface area contributed by atoms with Gasteiger partial charge in [-0.15, -0.1) is 0 Å². The summed E-state index contributed by atoms with van der Waals surface area (Å²) < 4.78 is 71.7. The van der Waals surface area contributed by atoms with Crippen molar-refractivity contribution in [1.82, 2.24) is 4.90 Å². The lowest BCUT2D eigenvalue weighted by atomic mass is 10.1. The summed E-state index contributed by atoms with van der Waals surface area (Å²) in [6.45, 7) is 4.44. The van der Waals surface area contributed by atoms with E-state index in [4.69, 9.17) is 4.74 Å². The number of alkyl halides is 3. The van der Waals surface area contributed by atoms with Gasteiger partial charge in [0.1, 0.15) is 0 Å². The number of ether oxygens (including phenoxy) is 1. The first-order chi connectivity index (χ1) is 14.0. The summed E-state index contributed by atoms with van der Waals surface area (Å²) in [7, 11) is -4.20. The summed E-state index contributed by atoms with van der Waals surface area (Å²) in [5.41, 5.74) is -1.03. The summed E-state index contributed by atoms with van der Waals surface area (Å²) in [5.74, 6) is -0.340. The smallest absolute Gasteiger partial charge is 0.372 e. The molecule has 1 fully saturated rings. The molecule has 0 spiro atoms. The highest BCUT2D eigenvalue weighted by atomic mass is 32.2. The molecule has 2 aromatic carbocycles. The lowest BCUT2D eigenvalue weighted by Gasteiger charge is -2.35. The van der Waals surface area contributed by atoms with Crippen LogP contribution in [0.25, 0.3) is 0 Å². The molecule has 1 amide bonds. The summed E-state index contributed by atoms with van der Waals surface area (Å²) in [6.07, 6.45) is -4.89. The molecule has 10 heteroatoms. The van der Waals surface area contributed by atoms with Crippen molar-refractivity contribution in [3.8, 4) is 0 Å². The highest BCUT2D eigenvalue weighted by molar-refractivity contribution is 7.92. The van der Waals surface area contributed by atoms with Crippen molar-refractivity contribution >= 4 is 21.6 Å². The SMILES string of the molecule is CC1CN(C(=O)c2cccc(S(=O)(=O)Nc3cccc(C(F)(F)F)c3)c2)CC(C)O1. The van der Waals surface area contributed by atoms with E-state index in [2.05, 4.69) is 4.72 Å². The van der Waals surface area contributed by atoms with Gasteiger partial charge in [-0.25, -0.2) is 8.42 Å². The average molecular weight is 442 g/mol. The number of nitrogens with zero attached hydrogens (tertiary/aromatic N) is 1. The van der Waals surface area contributed by atoms with Crippen LogP contribution in [-0.4, -0.2) is 44.5 Å². The van der Waals surface area contributed by atoms with E-state index in [9.17, 15) is 26.4 Å². The maximum Gasteiger partial charge on any atom is 0.416 e. The molecule has 0 saturated carbocycles. The number of anilines is 1. The molecule has 0 aromatic heterocycles. The molecular weight excluding hydrogens is 421 g/mol. The van der Waals surface area contributed by atoms with Crippen molar-refractivity contribution in [2.45, 2.75) is 37.1 Å². The molecule has 1 aliphatic heterocycles. The van der Waals surface area contributed by atoms with E-state index >= 15 is 0 Å². The van der Waals surface area contributed by atoms with Gasteiger partial charge in [0.05, 0.1) is 22.7 Å². The highest BCUT2D eigenvalue weighted by Gasteiger charge is 2.31. The third-order valence-electron chi connectivity index (χ3n) is 4.54. The average Bonchev–Trinajstić information content (AvgIpc) is 2.66. The monoisotopic (exact) mass is 442 g/mol. The van der Waals surface area contributed by atoms with Gasteiger partial charge in [0.2, 0.25) is 0 Å². The minimum atomic E-state index is -4.60. The first-order valence-electron chi connectivity index (χ1n) is 9.20. The fourth-order valence-corrected chi connectivity index (χ4v) is 4.39. The van der Waals surface area contributed by atoms with Crippen molar-refractivity contribution in [2.75, 3.05) is 17.8 Å². The Balaban J connectivity index is 1.83. The number of carbonyl (C=O) groups is 1. The molecule has 1 saturated heterocycles. The van der Waals surface area contributed by atoms with Gasteiger partial charge in [-0.05, 0) is 50.2 Å². The first-order valence-corrected chi connectivity index (χ1v) is 10.7. The van der Waals surface area contributed by atoms with Gasteiger partial charge in [0, 0.05) is 24.3 Å². The van der Waals surface area contributed by atoms with Crippen LogP contribution >= 0.6 is 0 Å². The molecule has 0 aliphatic carbocycles. The third-order valence-corrected chi connectivity index (χ3v) is 5.92. The van der Waals surface area contributed by atoms with E-state index < -0.39 is 21.8 Å². The van der Waals surface area contributed by atoms with Crippen LogP contribution in [0.5, 0.6) is 0 Å². The molecule has 3 rings (SSSR count). The van der Waals surface area contributed by atoms with Gasteiger partial charge in [-0.3, -0.25) is 9.52 Å². The Hall–Kier alpha value is -2.59. The molecule has 0 bridgehead atoms. The molecule has 1 N–H and O–H groups in total. The normalized spacial score (nSPS) is 20.1. The van der Waals surface area contributed by atoms with Crippen LogP contribution in [0.4, 0.5) is 18.9 Å². The number of nitrogens with one attached hydrogen (secondary N) is 1. The van der Waals surface area contributed by atoms with E-state index in [1.165, 1.54) is 30.3 Å². The van der Waals surface area contributed by atoms with Gasteiger partial charge in [0.25, 0.3) is 15.9 Å². The Kier molecular flexibility index (Phi) is 6.09. The summed E-state index contributed by atoms with van der Waals surface area (Å²) in [5, 5.41) is 0. The topological polar surface area (TPSA) is 75.7 Å². The van der Waals surface area contributed by atoms with Crippen molar-refractivity contribution in [1.29, 1.82) is 0 Å². The van der Waals surface area contributed by atoms with Gasteiger partial charge < -0.3 is 9.64 Å². The number of amides is 1. The molecule has 2 aromatic rings. The first kappa shape index (κ1) is 22.1. The van der Waals surface area contributed by atoms with Crippen LogP contribution in [0.15, 0.2) is 53.4 Å². The maximum absolute atomic E-state index is 12.9. The third kappa shape index (κ3) is 5.11. The quantitative estimate of drug-likeness (QED) is 0.783. The zero-order valence-corrected chi connectivity index (χ0v) is 17.1. The Morgan fingerprint density at radius 2 is 1.70 bits per heavy atom. The maximum atomic E-state index is 12.9. The van der Waals surface area contributed by atoms with E-state index in [0.29, 0.717) is 19.2 Å². The molecular formula is C20H21F3N2O4S. The molecule has 30 heavy (non-hydrogen) atoms. The molecule has 6 nitrogen and oxygen atoms in total. The Morgan fingerprint density at radius 1 is 1.07 bits per heavy atom. The van der Waals surface area contributed by atoms with Crippen LogP contribution in [0.2, 0.25) is 0 Å². The second-order valence-corrected chi connectivity index (χ2v) is 8.86. The van der Waals surface area contributed by atoms with Gasteiger partial charge >= 0.3 is 6.18 Å². The lowest BCUT2D eigenvalue weighted by molar-refractivity contribution is -0.137. The number of sulfonamides is 1. The standard InChI is InChI=1S/C20H21F3N2O4S/c1-13-11-25(12-14(2)29-13)19(26)15-5-3-8-18(9-15)30(27,28)24-17-7-4-6-16(10-17)20(21,22)23/h3-10,13-14,24H,11-12H2,1-2H3. The molecule has 1 aliphatic rings. The molecule has 2 atom stereocenters. The number of morpholine rings is 1. The predicted molar refractivity (Wildman–Crippen MR) is 105 cm³/mol. The van der Waals surface area contributed by atoms with Crippen molar-refractivity contribution in [3.05, 3.63) is 59.7 Å². The fraction of sp³-hybridized carbons (Fsp3) is 0.350. The second kappa shape index (κ2) is 8.27. The number of rotatable bonds is 4. The van der Waals surface area contributed by atoms with E-state index in [1.54, 1.807) is 4.90 Å². The largest absolute Gasteiger partial charge is 0.416 e. The minimum Gasteiger partial charge on any atom is -0.372 e. The summed E-state index contributed by atoms with van der Waals surface area (Å²) in [4.78, 5) is 14.2. The van der Waals surface area contributed by atoms with Crippen LogP contribution in [0.3, 0.4) is 0 Å². The number of carbonyl (C=O) groups excluding carboxylic acids is 1. The number of hydrogen-bond donors (Lipinski definition) is 1. The fourth-order valence-electron chi connectivity index (χ4n) is 3.30. The van der Waals surface area contributed by atoms with Crippen LogP contribution in [0.1, 0.15) is 29.8 Å². The van der Waals surface area contributed by atoms with Gasteiger partial charge in [-0.1, -0.05) is 12.1 Å². The molecule has 1 heterocycles. The zero-order chi connectivity index (χ0) is 22.1. The van der Waals surface area contributed by atoms with Gasteiger partial charge in [0.15, 0.2) is 0 Å². The van der Waals surface area contributed by atoms with Gasteiger partial charge in [-0.2, -0.15) is 13.2 Å². The van der Waals surface area contributed by atoms with Crippen molar-refractivity contribution in [3.63, 3.8) is 0 Å². The van der Waals surface area contributed by atoms with Crippen LogP contribution in [-0.2, 0) is 20.9 Å². The van der Waals surface area contributed by atoms with E-state index in [-0.39, 0.29) is 34.3 Å². The second-order valence-electron chi connectivity index (χ2n) is 7.18. The van der Waals surface area contributed by atoms with E-state index in [1.807, 2.05) is 13.8 Å². The highest BCUT2D eigenvalue weighted by Crippen LogP contribution is 2.31. The van der Waals surface area contributed by atoms with Crippen molar-refractivity contribution < 1.29 is 31.1 Å². The van der Waals surface area contributed by atoms with Crippen LogP contribution < -0.4 is 4.72 Å². The Labute approximate surface area is 172 Å².